The molecule has 10 aromatic rings. The van der Waals surface area contributed by atoms with Crippen LogP contribution in [0.15, 0.2) is 164 Å². The van der Waals surface area contributed by atoms with Crippen molar-refractivity contribution < 1.29 is 0 Å². The van der Waals surface area contributed by atoms with Crippen LogP contribution < -0.4 is 0 Å². The molecule has 0 radical (unpaired) electrons. The van der Waals surface area contributed by atoms with Gasteiger partial charge in [0.15, 0.2) is 0 Å². The molecule has 0 bridgehead atoms. The fourth-order valence-electron chi connectivity index (χ4n) is 7.27. The van der Waals surface area contributed by atoms with Crippen LogP contribution in [0, 0.1) is 0 Å². The Hall–Kier alpha value is -6.59. The first-order chi connectivity index (χ1) is 23.8. The van der Waals surface area contributed by atoms with Crippen LogP contribution in [0.5, 0.6) is 0 Å². The van der Waals surface area contributed by atoms with Crippen molar-refractivity contribution in [1.82, 2.24) is 24.1 Å². The van der Waals surface area contributed by atoms with Crippen molar-refractivity contribution in [3.63, 3.8) is 0 Å². The Morgan fingerprint density at radius 3 is 1.73 bits per heavy atom. The van der Waals surface area contributed by atoms with Gasteiger partial charge in [-0.2, -0.15) is 0 Å². The van der Waals surface area contributed by atoms with Crippen molar-refractivity contribution in [2.24, 2.45) is 0 Å². The van der Waals surface area contributed by atoms with Crippen molar-refractivity contribution in [2.45, 2.75) is 0 Å². The second-order valence-corrected chi connectivity index (χ2v) is 12.0. The van der Waals surface area contributed by atoms with Crippen LogP contribution in [-0.4, -0.2) is 24.1 Å². The lowest BCUT2D eigenvalue weighted by Crippen LogP contribution is -2.04. The number of imidazole rings is 1. The SMILES string of the molecule is c1ccc(-c2nc(-n3c4ccccc4c4c5c(nc(-c6ccccc6)n5-c5ccccc5)c5ccccc5c43)nc3ccccc23)cc1. The molecule has 5 nitrogen and oxygen atoms in total. The van der Waals surface area contributed by atoms with Crippen LogP contribution in [0.1, 0.15) is 0 Å². The lowest BCUT2D eigenvalue weighted by Gasteiger charge is -2.13. The van der Waals surface area contributed by atoms with E-state index in [1.165, 1.54) is 0 Å². The monoisotopic (exact) mass is 613 g/mol. The highest BCUT2D eigenvalue weighted by molar-refractivity contribution is 6.31. The molecule has 0 N–H and O–H groups in total. The van der Waals surface area contributed by atoms with Crippen LogP contribution in [0.2, 0.25) is 0 Å². The Morgan fingerprint density at radius 1 is 0.396 bits per heavy atom. The van der Waals surface area contributed by atoms with Crippen molar-refractivity contribution in [3.8, 4) is 34.3 Å². The van der Waals surface area contributed by atoms with Gasteiger partial charge in [-0.3, -0.25) is 9.13 Å². The van der Waals surface area contributed by atoms with E-state index in [4.69, 9.17) is 15.0 Å². The third-order valence-corrected chi connectivity index (χ3v) is 9.31. The second kappa shape index (κ2) is 10.5. The molecule has 224 valence electrons. The van der Waals surface area contributed by atoms with Crippen molar-refractivity contribution in [1.29, 1.82) is 0 Å². The minimum absolute atomic E-state index is 0.636. The average Bonchev–Trinajstić information content (AvgIpc) is 3.73. The summed E-state index contributed by atoms with van der Waals surface area (Å²) in [6.45, 7) is 0. The highest BCUT2D eigenvalue weighted by atomic mass is 15.2. The van der Waals surface area contributed by atoms with Gasteiger partial charge in [0.2, 0.25) is 5.95 Å². The first kappa shape index (κ1) is 26.6. The first-order valence-corrected chi connectivity index (χ1v) is 16.1. The molecule has 0 spiro atoms. The minimum Gasteiger partial charge on any atom is -0.292 e. The zero-order valence-electron chi connectivity index (χ0n) is 25.8. The normalized spacial score (nSPS) is 11.8. The molecule has 0 fully saturated rings. The summed E-state index contributed by atoms with van der Waals surface area (Å²) in [6, 6.07) is 56.9. The third kappa shape index (κ3) is 3.88. The Labute approximate surface area is 276 Å². The first-order valence-electron chi connectivity index (χ1n) is 16.1. The van der Waals surface area contributed by atoms with Gasteiger partial charge in [0.25, 0.3) is 0 Å². The fraction of sp³-hybridized carbons (Fsp3) is 0. The fourth-order valence-corrected chi connectivity index (χ4v) is 7.27. The molecule has 48 heavy (non-hydrogen) atoms. The Morgan fingerprint density at radius 2 is 0.979 bits per heavy atom. The number of benzene rings is 7. The molecule has 0 aliphatic carbocycles. The Kier molecular flexibility index (Phi) is 5.81. The maximum Gasteiger partial charge on any atom is 0.235 e. The quantitative estimate of drug-likeness (QED) is 0.198. The zero-order chi connectivity index (χ0) is 31.6. The van der Waals surface area contributed by atoms with E-state index in [1.54, 1.807) is 0 Å². The van der Waals surface area contributed by atoms with E-state index in [9.17, 15) is 0 Å². The van der Waals surface area contributed by atoms with Crippen LogP contribution in [0.25, 0.3) is 88.8 Å². The van der Waals surface area contributed by atoms with E-state index in [2.05, 4.69) is 155 Å². The predicted molar refractivity (Wildman–Crippen MR) is 197 cm³/mol. The lowest BCUT2D eigenvalue weighted by atomic mass is 10.0. The highest BCUT2D eigenvalue weighted by Gasteiger charge is 2.26. The summed E-state index contributed by atoms with van der Waals surface area (Å²) < 4.78 is 4.59. The Bertz CT molecular complexity index is 2820. The summed E-state index contributed by atoms with van der Waals surface area (Å²) in [6.07, 6.45) is 0. The molecule has 0 unspecified atom stereocenters. The molecule has 3 aromatic heterocycles. The summed E-state index contributed by atoms with van der Waals surface area (Å²) in [4.78, 5) is 16.1. The maximum atomic E-state index is 5.44. The van der Waals surface area contributed by atoms with Crippen LogP contribution in [0.4, 0.5) is 0 Å². The highest BCUT2D eigenvalue weighted by Crippen LogP contribution is 2.44. The Balaban J connectivity index is 1.44. The molecule has 0 atom stereocenters. The standard InChI is InChI=1S/C43H27N5/c1-4-16-28(17-5-1)38-33-24-12-14-26-35(33)44-43(46-38)48-36-27-15-13-25-34(36)37-40(48)32-23-11-10-22-31(32)39-41(37)47(30-20-8-3-9-21-30)42(45-39)29-18-6-2-7-19-29/h1-27H. The summed E-state index contributed by atoms with van der Waals surface area (Å²) in [5.41, 5.74) is 9.11. The number of hydrogen-bond acceptors (Lipinski definition) is 3. The van der Waals surface area contributed by atoms with Crippen molar-refractivity contribution >= 4 is 54.5 Å². The van der Waals surface area contributed by atoms with Crippen molar-refractivity contribution in [2.75, 3.05) is 0 Å². The molecule has 0 saturated heterocycles. The van der Waals surface area contributed by atoms with Gasteiger partial charge in [0.1, 0.15) is 5.82 Å². The molecule has 7 aromatic carbocycles. The number of rotatable bonds is 4. The van der Waals surface area contributed by atoms with Gasteiger partial charge < -0.3 is 0 Å². The summed E-state index contributed by atoms with van der Waals surface area (Å²) in [5.74, 6) is 1.54. The number of nitrogens with zero attached hydrogens (tertiary/aromatic N) is 5. The molecular formula is C43H27N5. The summed E-state index contributed by atoms with van der Waals surface area (Å²) >= 11 is 0. The summed E-state index contributed by atoms with van der Waals surface area (Å²) in [5, 5.41) is 5.45. The topological polar surface area (TPSA) is 48.5 Å². The average molecular weight is 614 g/mol. The van der Waals surface area contributed by atoms with Gasteiger partial charge in [0, 0.05) is 43.7 Å². The van der Waals surface area contributed by atoms with Gasteiger partial charge in [-0.1, -0.05) is 140 Å². The van der Waals surface area contributed by atoms with Crippen LogP contribution in [0.3, 0.4) is 0 Å². The molecule has 3 heterocycles. The van der Waals surface area contributed by atoms with E-state index in [-0.39, 0.29) is 0 Å². The van der Waals surface area contributed by atoms with E-state index < -0.39 is 0 Å². The zero-order valence-corrected chi connectivity index (χ0v) is 25.8. The van der Waals surface area contributed by atoms with Crippen LogP contribution in [-0.2, 0) is 0 Å². The third-order valence-electron chi connectivity index (χ3n) is 9.31. The predicted octanol–water partition coefficient (Wildman–Crippen LogP) is 10.6. The molecule has 0 amide bonds. The van der Waals surface area contributed by atoms with Crippen molar-refractivity contribution in [3.05, 3.63) is 164 Å². The largest absolute Gasteiger partial charge is 0.292 e. The van der Waals surface area contributed by atoms with Gasteiger partial charge in [0.05, 0.1) is 33.3 Å². The smallest absolute Gasteiger partial charge is 0.235 e. The van der Waals surface area contributed by atoms with Gasteiger partial charge in [-0.05, 0) is 24.3 Å². The number of para-hydroxylation sites is 3. The van der Waals surface area contributed by atoms with Crippen LogP contribution >= 0.6 is 0 Å². The molecule has 0 aliphatic heterocycles. The van der Waals surface area contributed by atoms with Gasteiger partial charge >= 0.3 is 0 Å². The number of hydrogen-bond donors (Lipinski definition) is 0. The number of aromatic nitrogens is 5. The van der Waals surface area contributed by atoms with E-state index >= 15 is 0 Å². The summed E-state index contributed by atoms with van der Waals surface area (Å²) in [7, 11) is 0. The minimum atomic E-state index is 0.636. The molecular weight excluding hydrogens is 587 g/mol. The molecule has 5 heteroatoms. The van der Waals surface area contributed by atoms with E-state index in [0.29, 0.717) is 5.95 Å². The van der Waals surface area contributed by atoms with E-state index in [0.717, 1.165) is 82.8 Å². The van der Waals surface area contributed by atoms with Gasteiger partial charge in [-0.15, -0.1) is 0 Å². The second-order valence-electron chi connectivity index (χ2n) is 12.0. The lowest BCUT2D eigenvalue weighted by molar-refractivity contribution is 1.02. The maximum absolute atomic E-state index is 5.44. The molecule has 10 rings (SSSR count). The molecule has 0 saturated carbocycles. The molecule has 0 aliphatic rings. The number of fused-ring (bicyclic) bond motifs is 9. The van der Waals surface area contributed by atoms with E-state index in [1.807, 2.05) is 18.2 Å². The van der Waals surface area contributed by atoms with Gasteiger partial charge in [-0.25, -0.2) is 15.0 Å².